The number of ether oxygens (including phenoxy) is 1. The SMILES string of the molecule is COc1ccc(Cn2c(=O)c3cnc4ccc(CI)nc4c3n(-c3ccc(C(C)(C)C#N)cc3)c2=O)cc1. The maximum absolute atomic E-state index is 14.1. The van der Waals surface area contributed by atoms with E-state index in [0.29, 0.717) is 37.8 Å². The summed E-state index contributed by atoms with van der Waals surface area (Å²) in [5.41, 5.74) is 2.87. The smallest absolute Gasteiger partial charge is 0.336 e. The summed E-state index contributed by atoms with van der Waals surface area (Å²) in [6.45, 7) is 3.76. The summed E-state index contributed by atoms with van der Waals surface area (Å²) in [5.74, 6) is 0.685. The molecule has 0 N–H and O–H groups in total. The fourth-order valence-electron chi connectivity index (χ4n) is 4.38. The fraction of sp³-hybridized carbons (Fsp3) is 0.207. The average molecular weight is 617 g/mol. The molecule has 2 aromatic carbocycles. The van der Waals surface area contributed by atoms with Crippen LogP contribution in [-0.4, -0.2) is 26.2 Å². The monoisotopic (exact) mass is 617 g/mol. The van der Waals surface area contributed by atoms with E-state index in [1.54, 1.807) is 31.4 Å². The number of nitrogens with zero attached hydrogens (tertiary/aromatic N) is 5. The van der Waals surface area contributed by atoms with Crippen molar-refractivity contribution >= 4 is 44.5 Å². The van der Waals surface area contributed by atoms with Crippen LogP contribution in [0.3, 0.4) is 0 Å². The number of pyridine rings is 2. The topological polar surface area (TPSA) is 103 Å². The molecule has 5 aromatic rings. The highest BCUT2D eigenvalue weighted by Gasteiger charge is 2.22. The molecule has 0 amide bonds. The van der Waals surface area contributed by atoms with Crippen LogP contribution in [0.1, 0.15) is 30.7 Å². The number of alkyl halides is 1. The number of nitriles is 1. The molecular formula is C29H24IN5O3. The first kappa shape index (κ1) is 25.6. The summed E-state index contributed by atoms with van der Waals surface area (Å²) in [4.78, 5) is 37.0. The van der Waals surface area contributed by atoms with Crippen LogP contribution < -0.4 is 16.0 Å². The zero-order valence-electron chi connectivity index (χ0n) is 21.1. The Morgan fingerprint density at radius 2 is 1.74 bits per heavy atom. The highest BCUT2D eigenvalue weighted by atomic mass is 127. The molecule has 0 atom stereocenters. The quantitative estimate of drug-likeness (QED) is 0.153. The number of hydrogen-bond donors (Lipinski definition) is 0. The van der Waals surface area contributed by atoms with Gasteiger partial charge in [-0.25, -0.2) is 9.78 Å². The second-order valence-electron chi connectivity index (χ2n) is 9.47. The van der Waals surface area contributed by atoms with Gasteiger partial charge < -0.3 is 4.74 Å². The van der Waals surface area contributed by atoms with Crippen molar-refractivity contribution in [3.05, 3.63) is 105 Å². The number of hydrogen-bond acceptors (Lipinski definition) is 6. The third-order valence-corrected chi connectivity index (χ3v) is 7.41. The molecule has 0 spiro atoms. The van der Waals surface area contributed by atoms with E-state index in [0.717, 1.165) is 16.8 Å². The van der Waals surface area contributed by atoms with Gasteiger partial charge >= 0.3 is 5.69 Å². The Bertz CT molecular complexity index is 1830. The first-order chi connectivity index (χ1) is 18.3. The van der Waals surface area contributed by atoms with E-state index >= 15 is 0 Å². The van der Waals surface area contributed by atoms with Gasteiger partial charge in [-0.1, -0.05) is 46.9 Å². The lowest BCUT2D eigenvalue weighted by Crippen LogP contribution is -2.40. The molecule has 0 aliphatic rings. The minimum absolute atomic E-state index is 0.0798. The summed E-state index contributed by atoms with van der Waals surface area (Å²) in [6.07, 6.45) is 1.51. The zero-order chi connectivity index (χ0) is 27.0. The second-order valence-corrected chi connectivity index (χ2v) is 10.2. The molecule has 38 heavy (non-hydrogen) atoms. The van der Waals surface area contributed by atoms with Crippen molar-refractivity contribution in [2.24, 2.45) is 0 Å². The molecule has 0 unspecified atom stereocenters. The van der Waals surface area contributed by atoms with Crippen LogP contribution >= 0.6 is 22.6 Å². The Labute approximate surface area is 232 Å². The van der Waals surface area contributed by atoms with Crippen LogP contribution in [0.4, 0.5) is 0 Å². The van der Waals surface area contributed by atoms with Crippen LogP contribution in [0.25, 0.3) is 27.6 Å². The summed E-state index contributed by atoms with van der Waals surface area (Å²) < 4.78 is 8.64. The molecule has 0 saturated carbocycles. The van der Waals surface area contributed by atoms with Crippen molar-refractivity contribution in [3.8, 4) is 17.5 Å². The predicted molar refractivity (Wildman–Crippen MR) is 155 cm³/mol. The standard InChI is InChI=1S/C29H24IN5O3/c1-29(2,17-31)19-6-9-21(10-7-19)35-26-23(15-32-24-13-8-20(14-30)33-25(24)26)27(36)34(28(35)37)16-18-4-11-22(38-3)12-5-18/h4-13,15H,14,16H2,1-3H3. The summed E-state index contributed by atoms with van der Waals surface area (Å²) in [7, 11) is 1.58. The Morgan fingerprint density at radius 3 is 2.37 bits per heavy atom. The zero-order valence-corrected chi connectivity index (χ0v) is 23.3. The number of benzene rings is 2. The van der Waals surface area contributed by atoms with Gasteiger partial charge in [0.2, 0.25) is 0 Å². The molecule has 0 aliphatic carbocycles. The molecule has 0 aliphatic heterocycles. The lowest BCUT2D eigenvalue weighted by Gasteiger charge is -2.18. The Morgan fingerprint density at radius 1 is 1.03 bits per heavy atom. The molecule has 8 nitrogen and oxygen atoms in total. The molecule has 3 aromatic heterocycles. The van der Waals surface area contributed by atoms with Crippen molar-refractivity contribution < 1.29 is 4.74 Å². The van der Waals surface area contributed by atoms with Gasteiger partial charge in [0.05, 0.1) is 52.9 Å². The largest absolute Gasteiger partial charge is 0.497 e. The van der Waals surface area contributed by atoms with Gasteiger partial charge in [0.15, 0.2) is 0 Å². The molecular weight excluding hydrogens is 593 g/mol. The van der Waals surface area contributed by atoms with Crippen molar-refractivity contribution in [2.45, 2.75) is 30.2 Å². The molecule has 190 valence electrons. The van der Waals surface area contributed by atoms with E-state index in [2.05, 4.69) is 33.6 Å². The first-order valence-corrected chi connectivity index (χ1v) is 13.4. The van der Waals surface area contributed by atoms with Crippen molar-refractivity contribution in [2.75, 3.05) is 7.11 Å². The minimum atomic E-state index is -0.688. The average Bonchev–Trinajstić information content (AvgIpc) is 2.95. The number of rotatable bonds is 6. The Balaban J connectivity index is 1.83. The Hall–Kier alpha value is -4.04. The maximum atomic E-state index is 14.1. The van der Waals surface area contributed by atoms with E-state index in [9.17, 15) is 14.9 Å². The van der Waals surface area contributed by atoms with Crippen molar-refractivity contribution in [3.63, 3.8) is 0 Å². The van der Waals surface area contributed by atoms with Crippen LogP contribution in [0.2, 0.25) is 0 Å². The van der Waals surface area contributed by atoms with Gasteiger partial charge in [-0.3, -0.25) is 18.9 Å². The number of halogens is 1. The predicted octanol–water partition coefficient (Wildman–Crippen LogP) is 4.89. The van der Waals surface area contributed by atoms with Gasteiger partial charge in [-0.2, -0.15) is 5.26 Å². The second kappa shape index (κ2) is 10.0. The van der Waals surface area contributed by atoms with Crippen molar-refractivity contribution in [1.29, 1.82) is 5.26 Å². The van der Waals surface area contributed by atoms with Gasteiger partial charge in [-0.15, -0.1) is 0 Å². The van der Waals surface area contributed by atoms with Crippen LogP contribution in [0, 0.1) is 11.3 Å². The van der Waals surface area contributed by atoms with Crippen molar-refractivity contribution in [1.82, 2.24) is 19.1 Å². The van der Waals surface area contributed by atoms with Crippen LogP contribution in [0.15, 0.2) is 76.4 Å². The van der Waals surface area contributed by atoms with E-state index < -0.39 is 16.7 Å². The van der Waals surface area contributed by atoms with E-state index in [-0.39, 0.29) is 6.54 Å². The summed E-state index contributed by atoms with van der Waals surface area (Å²) >= 11 is 2.23. The third-order valence-electron chi connectivity index (χ3n) is 6.63. The van der Waals surface area contributed by atoms with E-state index in [1.165, 1.54) is 15.3 Å². The molecule has 9 heteroatoms. The highest BCUT2D eigenvalue weighted by molar-refractivity contribution is 14.1. The van der Waals surface area contributed by atoms with Gasteiger partial charge in [0.25, 0.3) is 5.56 Å². The molecule has 3 heterocycles. The lowest BCUT2D eigenvalue weighted by atomic mass is 9.86. The van der Waals surface area contributed by atoms with Crippen LogP contribution in [-0.2, 0) is 16.4 Å². The summed E-state index contributed by atoms with van der Waals surface area (Å²) in [5, 5.41) is 9.86. The normalized spacial score (nSPS) is 11.6. The minimum Gasteiger partial charge on any atom is -0.497 e. The van der Waals surface area contributed by atoms with E-state index in [4.69, 9.17) is 9.72 Å². The van der Waals surface area contributed by atoms with Gasteiger partial charge in [0.1, 0.15) is 11.3 Å². The van der Waals surface area contributed by atoms with E-state index in [1.807, 2.05) is 50.2 Å². The highest BCUT2D eigenvalue weighted by Crippen LogP contribution is 2.26. The number of aromatic nitrogens is 4. The van der Waals surface area contributed by atoms with Gasteiger partial charge in [-0.05, 0) is 61.4 Å². The van der Waals surface area contributed by atoms with Crippen LogP contribution in [0.5, 0.6) is 5.75 Å². The van der Waals surface area contributed by atoms with Gasteiger partial charge in [0, 0.05) is 10.6 Å². The summed E-state index contributed by atoms with van der Waals surface area (Å²) in [6, 6.07) is 20.5. The molecule has 0 bridgehead atoms. The molecule has 5 rings (SSSR count). The fourth-order valence-corrected chi connectivity index (χ4v) is 4.81. The lowest BCUT2D eigenvalue weighted by molar-refractivity contribution is 0.414. The Kier molecular flexibility index (Phi) is 6.75. The number of fused-ring (bicyclic) bond motifs is 3. The molecule has 0 saturated heterocycles. The molecule has 0 fully saturated rings. The third kappa shape index (κ3) is 4.45. The maximum Gasteiger partial charge on any atom is 0.336 e. The first-order valence-electron chi connectivity index (χ1n) is 11.9. The number of methoxy groups -OCH3 is 1. The molecule has 0 radical (unpaired) electrons.